The van der Waals surface area contributed by atoms with Gasteiger partial charge in [0, 0.05) is 18.3 Å². The highest BCUT2D eigenvalue weighted by Gasteiger charge is 2.39. The Morgan fingerprint density at radius 3 is 2.23 bits per heavy atom. The van der Waals surface area contributed by atoms with Gasteiger partial charge in [-0.05, 0) is 57.4 Å². The van der Waals surface area contributed by atoms with E-state index >= 15 is 0 Å². The van der Waals surface area contributed by atoms with Crippen LogP contribution in [0.2, 0.25) is 0 Å². The Kier molecular flexibility index (Phi) is 7.00. The lowest BCUT2D eigenvalue weighted by Gasteiger charge is -2.15. The molecular formula is C25H30N2O4. The van der Waals surface area contributed by atoms with Gasteiger partial charge in [-0.1, -0.05) is 30.7 Å². The van der Waals surface area contributed by atoms with E-state index in [4.69, 9.17) is 9.47 Å². The first-order valence-corrected chi connectivity index (χ1v) is 10.8. The molecule has 0 radical (unpaired) electrons. The summed E-state index contributed by atoms with van der Waals surface area (Å²) in [5, 5.41) is 3.20. The summed E-state index contributed by atoms with van der Waals surface area (Å²) < 4.78 is 11.3. The number of anilines is 1. The van der Waals surface area contributed by atoms with E-state index < -0.39 is 0 Å². The number of rotatable bonds is 9. The molecule has 0 saturated heterocycles. The second kappa shape index (κ2) is 9.69. The molecule has 31 heavy (non-hydrogen) atoms. The number of amides is 2. The Labute approximate surface area is 183 Å². The molecule has 1 N–H and O–H groups in total. The zero-order valence-corrected chi connectivity index (χ0v) is 18.9. The molecule has 1 aliphatic heterocycles. The first kappa shape index (κ1) is 22.4. The number of aryl methyl sites for hydroxylation is 2. The van der Waals surface area contributed by atoms with Crippen LogP contribution in [0.3, 0.4) is 0 Å². The van der Waals surface area contributed by atoms with Crippen LogP contribution < -0.4 is 14.8 Å². The normalized spacial score (nSPS) is 13.8. The van der Waals surface area contributed by atoms with Crippen molar-refractivity contribution in [3.8, 4) is 11.5 Å². The van der Waals surface area contributed by atoms with Gasteiger partial charge in [0.15, 0.2) is 11.5 Å². The zero-order chi connectivity index (χ0) is 22.5. The lowest BCUT2D eigenvalue weighted by molar-refractivity contribution is -0.136. The minimum Gasteiger partial charge on any atom is -0.490 e. The SMILES string of the molecule is CCCN1C(=O)C(Nc2ccc(OCC)c(OCC)c2)=C(c2ccc(C)cc2C)C1=O. The van der Waals surface area contributed by atoms with Crippen LogP contribution in [0, 0.1) is 13.8 Å². The minimum atomic E-state index is -0.311. The van der Waals surface area contributed by atoms with Gasteiger partial charge in [-0.2, -0.15) is 0 Å². The monoisotopic (exact) mass is 422 g/mol. The van der Waals surface area contributed by atoms with Gasteiger partial charge >= 0.3 is 0 Å². The molecule has 1 aliphatic rings. The zero-order valence-electron chi connectivity index (χ0n) is 18.9. The standard InChI is InChI=1S/C25H30N2O4/c1-6-13-27-24(28)22(19-11-9-16(4)14-17(19)5)23(25(27)29)26-18-10-12-20(30-7-2)21(15-18)31-8-3/h9-12,14-15,26H,6-8,13H2,1-5H3. The molecule has 6 nitrogen and oxygen atoms in total. The Bertz CT molecular complexity index is 1030. The summed E-state index contributed by atoms with van der Waals surface area (Å²) in [5.41, 5.74) is 4.17. The molecular weight excluding hydrogens is 392 g/mol. The van der Waals surface area contributed by atoms with Crippen molar-refractivity contribution in [1.29, 1.82) is 0 Å². The van der Waals surface area contributed by atoms with Gasteiger partial charge in [0.2, 0.25) is 0 Å². The van der Waals surface area contributed by atoms with Crippen LogP contribution in [0.4, 0.5) is 5.69 Å². The molecule has 2 amide bonds. The first-order valence-electron chi connectivity index (χ1n) is 10.8. The van der Waals surface area contributed by atoms with Crippen LogP contribution in [-0.4, -0.2) is 36.5 Å². The van der Waals surface area contributed by atoms with Crippen molar-refractivity contribution in [2.24, 2.45) is 0 Å². The number of nitrogens with zero attached hydrogens (tertiary/aromatic N) is 1. The van der Waals surface area contributed by atoms with E-state index in [0.717, 1.165) is 16.7 Å². The summed E-state index contributed by atoms with van der Waals surface area (Å²) in [5.74, 6) is 0.649. The number of imide groups is 1. The molecule has 0 saturated carbocycles. The maximum Gasteiger partial charge on any atom is 0.278 e. The number of benzene rings is 2. The molecule has 164 valence electrons. The first-order chi connectivity index (χ1) is 14.9. The van der Waals surface area contributed by atoms with Crippen LogP contribution in [-0.2, 0) is 9.59 Å². The van der Waals surface area contributed by atoms with Gasteiger partial charge < -0.3 is 14.8 Å². The number of carbonyl (C=O) groups is 2. The molecule has 3 rings (SSSR count). The van der Waals surface area contributed by atoms with Crippen LogP contribution in [0.5, 0.6) is 11.5 Å². The summed E-state index contributed by atoms with van der Waals surface area (Å²) in [6.45, 7) is 11.1. The fourth-order valence-corrected chi connectivity index (χ4v) is 3.74. The van der Waals surface area contributed by atoms with Gasteiger partial charge in [-0.15, -0.1) is 0 Å². The van der Waals surface area contributed by atoms with Gasteiger partial charge in [-0.25, -0.2) is 0 Å². The van der Waals surface area contributed by atoms with Gasteiger partial charge in [-0.3, -0.25) is 14.5 Å². The fraction of sp³-hybridized carbons (Fsp3) is 0.360. The third kappa shape index (κ3) is 4.58. The molecule has 0 aliphatic carbocycles. The van der Waals surface area contributed by atoms with Crippen LogP contribution in [0.1, 0.15) is 43.9 Å². The van der Waals surface area contributed by atoms with Crippen molar-refractivity contribution in [3.63, 3.8) is 0 Å². The second-order valence-corrected chi connectivity index (χ2v) is 7.48. The predicted molar refractivity (Wildman–Crippen MR) is 122 cm³/mol. The third-order valence-electron chi connectivity index (χ3n) is 5.08. The highest BCUT2D eigenvalue weighted by atomic mass is 16.5. The quantitative estimate of drug-likeness (QED) is 0.593. The van der Waals surface area contributed by atoms with Crippen molar-refractivity contribution in [2.45, 2.75) is 41.0 Å². The molecule has 0 fully saturated rings. The second-order valence-electron chi connectivity index (χ2n) is 7.48. The molecule has 0 aromatic heterocycles. The lowest BCUT2D eigenvalue weighted by Crippen LogP contribution is -2.33. The highest BCUT2D eigenvalue weighted by Crippen LogP contribution is 2.35. The maximum absolute atomic E-state index is 13.2. The van der Waals surface area contributed by atoms with E-state index in [1.54, 1.807) is 12.1 Å². The number of ether oxygens (including phenoxy) is 2. The van der Waals surface area contributed by atoms with E-state index in [0.29, 0.717) is 48.9 Å². The molecule has 1 heterocycles. The van der Waals surface area contributed by atoms with Crippen molar-refractivity contribution >= 4 is 23.1 Å². The van der Waals surface area contributed by atoms with Crippen LogP contribution in [0.25, 0.3) is 5.57 Å². The number of hydrogen-bond acceptors (Lipinski definition) is 5. The van der Waals surface area contributed by atoms with Crippen molar-refractivity contribution in [3.05, 3.63) is 58.8 Å². The van der Waals surface area contributed by atoms with Crippen LogP contribution >= 0.6 is 0 Å². The Morgan fingerprint density at radius 1 is 0.871 bits per heavy atom. The van der Waals surface area contributed by atoms with E-state index in [1.165, 1.54) is 4.90 Å². The van der Waals surface area contributed by atoms with E-state index in [-0.39, 0.29) is 17.5 Å². The Balaban J connectivity index is 2.08. The molecule has 2 aromatic carbocycles. The van der Waals surface area contributed by atoms with E-state index in [2.05, 4.69) is 5.32 Å². The molecule has 0 bridgehead atoms. The Hall–Kier alpha value is -3.28. The third-order valence-corrected chi connectivity index (χ3v) is 5.08. The molecule has 0 atom stereocenters. The number of hydrogen-bond donors (Lipinski definition) is 1. The van der Waals surface area contributed by atoms with Crippen molar-refractivity contribution in [1.82, 2.24) is 4.90 Å². The molecule has 2 aromatic rings. The Morgan fingerprint density at radius 2 is 1.58 bits per heavy atom. The summed E-state index contributed by atoms with van der Waals surface area (Å²) in [4.78, 5) is 27.7. The van der Waals surface area contributed by atoms with Crippen molar-refractivity contribution in [2.75, 3.05) is 25.1 Å². The summed E-state index contributed by atoms with van der Waals surface area (Å²) >= 11 is 0. The van der Waals surface area contributed by atoms with E-state index in [9.17, 15) is 9.59 Å². The summed E-state index contributed by atoms with van der Waals surface area (Å²) in [6.07, 6.45) is 0.697. The fourth-order valence-electron chi connectivity index (χ4n) is 3.74. The van der Waals surface area contributed by atoms with Gasteiger partial charge in [0.1, 0.15) is 5.70 Å². The lowest BCUT2D eigenvalue weighted by atomic mass is 9.97. The molecule has 6 heteroatoms. The predicted octanol–water partition coefficient (Wildman–Crippen LogP) is 4.70. The summed E-state index contributed by atoms with van der Waals surface area (Å²) in [7, 11) is 0. The van der Waals surface area contributed by atoms with Gasteiger partial charge in [0.25, 0.3) is 11.8 Å². The number of carbonyl (C=O) groups excluding carboxylic acids is 2. The van der Waals surface area contributed by atoms with E-state index in [1.807, 2.05) is 58.9 Å². The van der Waals surface area contributed by atoms with Gasteiger partial charge in [0.05, 0.1) is 18.8 Å². The smallest absolute Gasteiger partial charge is 0.278 e. The van der Waals surface area contributed by atoms with Crippen LogP contribution in [0.15, 0.2) is 42.1 Å². The minimum absolute atomic E-state index is 0.266. The molecule has 0 unspecified atom stereocenters. The largest absolute Gasteiger partial charge is 0.490 e. The van der Waals surface area contributed by atoms with Crippen molar-refractivity contribution < 1.29 is 19.1 Å². The maximum atomic E-state index is 13.2. The number of nitrogens with one attached hydrogen (secondary N) is 1. The average Bonchev–Trinajstić information content (AvgIpc) is 2.95. The summed E-state index contributed by atoms with van der Waals surface area (Å²) in [6, 6.07) is 11.3. The average molecular weight is 423 g/mol. The highest BCUT2D eigenvalue weighted by molar-refractivity contribution is 6.36. The topological polar surface area (TPSA) is 67.9 Å². The molecule has 0 spiro atoms.